The highest BCUT2D eigenvalue weighted by Gasteiger charge is 2.42. The van der Waals surface area contributed by atoms with Gasteiger partial charge in [0.05, 0.1) is 42.0 Å². The number of urea groups is 1. The highest BCUT2D eigenvalue weighted by molar-refractivity contribution is 5.95. The first-order valence-corrected chi connectivity index (χ1v) is 24.3. The fraction of sp³-hybridized carbons (Fsp3) is 0.569. The molecule has 16 nitrogen and oxygen atoms in total. The van der Waals surface area contributed by atoms with Crippen molar-refractivity contribution in [2.24, 2.45) is 11.3 Å². The highest BCUT2D eigenvalue weighted by atomic mass is 19.4. The zero-order chi connectivity index (χ0) is 50.1. The molecule has 3 N–H and O–H groups in total. The molecule has 3 saturated heterocycles. The molecule has 3 fully saturated rings. The van der Waals surface area contributed by atoms with Gasteiger partial charge in [0.2, 0.25) is 5.91 Å². The van der Waals surface area contributed by atoms with Crippen LogP contribution in [-0.4, -0.2) is 143 Å². The Morgan fingerprint density at radius 3 is 2.53 bits per heavy atom. The van der Waals surface area contributed by atoms with E-state index in [1.165, 1.54) is 21.6 Å². The minimum Gasteiger partial charge on any atom is -0.464 e. The molecule has 6 bridgehead atoms. The Morgan fingerprint density at radius 2 is 1.83 bits per heavy atom. The molecule has 0 unspecified atom stereocenters. The van der Waals surface area contributed by atoms with Gasteiger partial charge >= 0.3 is 18.2 Å². The van der Waals surface area contributed by atoms with Crippen LogP contribution in [0.5, 0.6) is 0 Å². The Balaban J connectivity index is 1.18. The minimum atomic E-state index is -4.59. The molecule has 0 aliphatic carbocycles. The highest BCUT2D eigenvalue weighted by Crippen LogP contribution is 2.43. The van der Waals surface area contributed by atoms with E-state index in [1.54, 1.807) is 67.5 Å². The topological polar surface area (TPSA) is 172 Å². The van der Waals surface area contributed by atoms with E-state index < -0.39 is 60.1 Å². The summed E-state index contributed by atoms with van der Waals surface area (Å²) in [7, 11) is 3.12. The zero-order valence-corrected chi connectivity index (χ0v) is 41.2. The molecule has 70 heavy (non-hydrogen) atoms. The van der Waals surface area contributed by atoms with Crippen molar-refractivity contribution in [2.45, 2.75) is 116 Å². The number of hydrazine groups is 1. The first-order valence-electron chi connectivity index (χ1n) is 24.3. The average Bonchev–Trinajstić information content (AvgIpc) is 3.61. The van der Waals surface area contributed by atoms with E-state index in [0.29, 0.717) is 95.7 Å². The van der Waals surface area contributed by atoms with E-state index in [1.807, 2.05) is 33.8 Å². The van der Waals surface area contributed by atoms with Crippen molar-refractivity contribution < 1.29 is 46.6 Å². The maximum absolute atomic E-state index is 14.7. The van der Waals surface area contributed by atoms with Crippen LogP contribution in [0.3, 0.4) is 0 Å². The summed E-state index contributed by atoms with van der Waals surface area (Å²) in [4.78, 5) is 70.1. The third kappa shape index (κ3) is 11.0. The average molecular weight is 974 g/mol. The third-order valence-corrected chi connectivity index (χ3v) is 14.2. The van der Waals surface area contributed by atoms with Crippen LogP contribution in [-0.2, 0) is 48.0 Å². The Bertz CT molecular complexity index is 2570. The number of nitrogens with one attached hydrogen (secondary N) is 3. The minimum absolute atomic E-state index is 0.0638. The molecular formula is C51H66F3N9O7. The molecule has 1 spiro atoms. The van der Waals surface area contributed by atoms with Crippen LogP contribution in [0, 0.1) is 11.3 Å². The first kappa shape index (κ1) is 50.7. The molecule has 19 heteroatoms. The molecule has 3 aromatic heterocycles. The van der Waals surface area contributed by atoms with Gasteiger partial charge in [0.1, 0.15) is 24.7 Å². The van der Waals surface area contributed by atoms with Gasteiger partial charge in [-0.15, -0.1) is 0 Å². The van der Waals surface area contributed by atoms with Gasteiger partial charge in [0, 0.05) is 92.6 Å². The van der Waals surface area contributed by atoms with Crippen LogP contribution in [0.2, 0.25) is 0 Å². The van der Waals surface area contributed by atoms with Gasteiger partial charge < -0.3 is 39.2 Å². The van der Waals surface area contributed by atoms with Crippen LogP contribution in [0.4, 0.5) is 18.0 Å². The number of morpholine rings is 1. The van der Waals surface area contributed by atoms with Gasteiger partial charge in [0.25, 0.3) is 5.91 Å². The molecule has 4 aliphatic heterocycles. The number of esters is 1. The molecule has 4 amide bonds. The number of carbonyl (C=O) groups is 4. The molecule has 0 radical (unpaired) electrons. The lowest BCUT2D eigenvalue weighted by Gasteiger charge is -2.45. The standard InChI is InChI=1S/C51H66F3N9O7/c1-31(2)43(60(6)48(67)61-22-17-50(18-23-61)28-55-20-24-70-50)45(64)58-40-26-34-11-8-13-38(57-34)33-15-16-41-36(25-33)37(27-49(4,5)30-69-47(66)39-14-10-21-63(59-39)46(40)65)44(62(41)29-51(52,53)54)35-12-9-19-56-42(35)32(3)68-7/h8-9,11-13,15-16,19,25,31-32,39-40,43,55,59H,10,14,17-18,20-24,26-30H2,1-7H3,(H,58,64)/t32-,39-,40-,43-/m0/s1. The summed E-state index contributed by atoms with van der Waals surface area (Å²) in [6, 6.07) is 10.6. The number of fused-ring (bicyclic) bond motifs is 6. The normalized spacial score (nSPS) is 21.8. The number of piperidine rings is 1. The van der Waals surface area contributed by atoms with Gasteiger partial charge in [0.15, 0.2) is 0 Å². The summed E-state index contributed by atoms with van der Waals surface area (Å²) in [5, 5.41) is 8.29. The zero-order valence-electron chi connectivity index (χ0n) is 41.2. The number of alkyl halides is 3. The van der Waals surface area contributed by atoms with E-state index in [0.717, 1.165) is 13.1 Å². The van der Waals surface area contributed by atoms with E-state index in [4.69, 9.17) is 19.2 Å². The van der Waals surface area contributed by atoms with Crippen molar-refractivity contribution in [1.29, 1.82) is 0 Å². The molecule has 4 aromatic rings. The maximum atomic E-state index is 14.7. The number of ether oxygens (including phenoxy) is 3. The lowest BCUT2D eigenvalue weighted by Crippen LogP contribution is -2.63. The van der Waals surface area contributed by atoms with Gasteiger partial charge in [-0.1, -0.05) is 39.8 Å². The van der Waals surface area contributed by atoms with E-state index >= 15 is 0 Å². The van der Waals surface area contributed by atoms with Crippen LogP contribution >= 0.6 is 0 Å². The van der Waals surface area contributed by atoms with Crippen molar-refractivity contribution in [3.05, 3.63) is 71.7 Å². The number of cyclic esters (lactones) is 1. The van der Waals surface area contributed by atoms with Crippen molar-refractivity contribution in [2.75, 3.05) is 60.1 Å². The lowest BCUT2D eigenvalue weighted by atomic mass is 9.84. The summed E-state index contributed by atoms with van der Waals surface area (Å²) < 4.78 is 63.2. The molecule has 8 rings (SSSR count). The maximum Gasteiger partial charge on any atom is 0.406 e. The number of likely N-dealkylation sites (tertiary alicyclic amines) is 1. The van der Waals surface area contributed by atoms with Crippen LogP contribution in [0.25, 0.3) is 33.4 Å². The molecule has 4 aliphatic rings. The van der Waals surface area contributed by atoms with Gasteiger partial charge in [-0.05, 0) is 86.9 Å². The summed E-state index contributed by atoms with van der Waals surface area (Å²) in [5.74, 6) is -1.97. The van der Waals surface area contributed by atoms with Crippen molar-refractivity contribution in [3.8, 4) is 22.5 Å². The largest absolute Gasteiger partial charge is 0.464 e. The molecule has 378 valence electrons. The lowest BCUT2D eigenvalue weighted by molar-refractivity contribution is -0.155. The fourth-order valence-corrected chi connectivity index (χ4v) is 10.5. The summed E-state index contributed by atoms with van der Waals surface area (Å²) in [6.07, 6.45) is -1.27. The number of hydrogen-bond donors (Lipinski definition) is 3. The number of methoxy groups -OCH3 is 1. The number of carbonyl (C=O) groups excluding carboxylic acids is 4. The Hall–Kier alpha value is -5.63. The quantitative estimate of drug-likeness (QED) is 0.172. The van der Waals surface area contributed by atoms with Crippen molar-refractivity contribution >= 4 is 34.7 Å². The first-order chi connectivity index (χ1) is 33.3. The number of likely N-dealkylation sites (N-methyl/N-ethyl adjacent to an activating group) is 1. The Labute approximate surface area is 406 Å². The molecule has 0 saturated carbocycles. The number of rotatable bonds is 8. The van der Waals surface area contributed by atoms with Crippen LogP contribution < -0.4 is 16.1 Å². The van der Waals surface area contributed by atoms with Crippen molar-refractivity contribution in [3.63, 3.8) is 0 Å². The number of hydrogen-bond acceptors (Lipinski definition) is 11. The van der Waals surface area contributed by atoms with E-state index in [9.17, 15) is 32.3 Å². The second-order valence-corrected chi connectivity index (χ2v) is 20.4. The number of pyridine rings is 2. The predicted octanol–water partition coefficient (Wildman–Crippen LogP) is 6.21. The monoisotopic (exact) mass is 974 g/mol. The predicted molar refractivity (Wildman–Crippen MR) is 256 cm³/mol. The number of amides is 4. The smallest absolute Gasteiger partial charge is 0.406 e. The van der Waals surface area contributed by atoms with Crippen LogP contribution in [0.1, 0.15) is 83.4 Å². The van der Waals surface area contributed by atoms with Crippen LogP contribution in [0.15, 0.2) is 54.7 Å². The fourth-order valence-electron chi connectivity index (χ4n) is 10.5. The summed E-state index contributed by atoms with van der Waals surface area (Å²) in [5.41, 5.74) is 5.73. The van der Waals surface area contributed by atoms with Crippen molar-refractivity contribution in [1.82, 2.24) is 45.4 Å². The summed E-state index contributed by atoms with van der Waals surface area (Å²) >= 11 is 0. The van der Waals surface area contributed by atoms with E-state index in [-0.39, 0.29) is 43.5 Å². The summed E-state index contributed by atoms with van der Waals surface area (Å²) in [6.45, 7) is 11.2. The van der Waals surface area contributed by atoms with Gasteiger partial charge in [-0.25, -0.2) is 10.2 Å². The van der Waals surface area contributed by atoms with E-state index in [2.05, 4.69) is 21.0 Å². The number of aromatic nitrogens is 3. The second kappa shape index (κ2) is 20.6. The Kier molecular flexibility index (Phi) is 14.9. The SMILES string of the molecule is CO[C@@H](C)c1ncccc1-c1c2c3cc(ccc3n1CC(F)(F)F)-c1cccc(n1)C[C@H](NC(=O)[C@H](C(C)C)N(C)C(=O)N1CCC3(CC1)CNCCO3)C(=O)N1CCC[C@H](N1)C(=O)OCC(C)(C)C2. The number of nitrogens with zero attached hydrogens (tertiary/aromatic N) is 6. The molecule has 7 heterocycles. The number of halogens is 3. The molecular weight excluding hydrogens is 908 g/mol. The van der Waals surface area contributed by atoms with Gasteiger partial charge in [-0.2, -0.15) is 13.2 Å². The number of benzene rings is 1. The molecule has 1 aromatic carbocycles. The second-order valence-electron chi connectivity index (χ2n) is 20.4. The third-order valence-electron chi connectivity index (χ3n) is 14.2. The molecule has 4 atom stereocenters. The Morgan fingerprint density at radius 1 is 1.06 bits per heavy atom. The van der Waals surface area contributed by atoms with Gasteiger partial charge in [-0.3, -0.25) is 29.4 Å².